The number of rotatable bonds is 3. The zero-order valence-corrected chi connectivity index (χ0v) is 8.41. The summed E-state index contributed by atoms with van der Waals surface area (Å²) in [6.07, 6.45) is 1.55. The molecular formula is C10H12N3O2. The molecule has 0 atom stereocenters. The van der Waals surface area contributed by atoms with Gasteiger partial charge in [-0.05, 0) is 12.5 Å². The predicted octanol–water partition coefficient (Wildman–Crippen LogP) is 1.34. The van der Waals surface area contributed by atoms with Crippen molar-refractivity contribution in [1.82, 2.24) is 10.3 Å². The van der Waals surface area contributed by atoms with E-state index in [1.807, 2.05) is 6.92 Å². The van der Waals surface area contributed by atoms with E-state index < -0.39 is 6.09 Å². The molecule has 1 rings (SSSR count). The van der Waals surface area contributed by atoms with Crippen molar-refractivity contribution in [2.24, 2.45) is 0 Å². The average molecular weight is 206 g/mol. The monoisotopic (exact) mass is 206 g/mol. The van der Waals surface area contributed by atoms with Crippen molar-refractivity contribution < 1.29 is 9.53 Å². The Balaban J connectivity index is 2.46. The number of aromatic nitrogens is 1. The third-order valence-electron chi connectivity index (χ3n) is 1.54. The summed E-state index contributed by atoms with van der Waals surface area (Å²) in [6.45, 7) is 2.24. The minimum absolute atomic E-state index is 0.0786. The largest absolute Gasteiger partial charge is 0.449 e. The maximum atomic E-state index is 11.1. The van der Waals surface area contributed by atoms with Gasteiger partial charge in [-0.1, -0.05) is 13.0 Å². The lowest BCUT2D eigenvalue weighted by molar-refractivity contribution is 0.151. The molecule has 15 heavy (non-hydrogen) atoms. The molecule has 1 amide bonds. The number of hydrogen-bond donors (Lipinski definition) is 2. The second kappa shape index (κ2) is 5.74. The number of ether oxygens (including phenoxy) is 1. The van der Waals surface area contributed by atoms with Crippen LogP contribution in [0.4, 0.5) is 4.79 Å². The van der Waals surface area contributed by atoms with Crippen LogP contribution in [0.3, 0.4) is 0 Å². The minimum atomic E-state index is -0.628. The smallest absolute Gasteiger partial charge is 0.412 e. The topological polar surface area (TPSA) is 75.1 Å². The predicted molar refractivity (Wildman–Crippen MR) is 54.7 cm³/mol. The van der Waals surface area contributed by atoms with Gasteiger partial charge in [-0.25, -0.2) is 4.79 Å². The Kier molecular flexibility index (Phi) is 4.28. The highest BCUT2D eigenvalue weighted by molar-refractivity contribution is 6.03. The fraction of sp³-hybridized carbons (Fsp3) is 0.300. The first-order valence-electron chi connectivity index (χ1n) is 4.59. The van der Waals surface area contributed by atoms with Crippen molar-refractivity contribution in [2.75, 3.05) is 6.61 Å². The normalized spacial score (nSPS) is 9.40. The molecule has 2 N–H and O–H groups in total. The van der Waals surface area contributed by atoms with Crippen LogP contribution in [0.2, 0.25) is 0 Å². The first-order chi connectivity index (χ1) is 7.24. The van der Waals surface area contributed by atoms with Crippen molar-refractivity contribution in [3.05, 3.63) is 30.1 Å². The van der Waals surface area contributed by atoms with Crippen molar-refractivity contribution in [3.63, 3.8) is 0 Å². The summed E-state index contributed by atoms with van der Waals surface area (Å²) in [5.41, 5.74) is 0.377. The standard InChI is InChI=1S/C10H12N3O2/c1-2-7-15-10(14)13-9(11)8-5-3-4-6-12-8/h3,5-6H,2,7H2,1H3,(H2,11,13,14). The van der Waals surface area contributed by atoms with E-state index in [-0.39, 0.29) is 5.84 Å². The van der Waals surface area contributed by atoms with E-state index in [2.05, 4.69) is 16.4 Å². The van der Waals surface area contributed by atoms with Crippen molar-refractivity contribution >= 4 is 11.9 Å². The van der Waals surface area contributed by atoms with Crippen LogP contribution in [-0.2, 0) is 4.74 Å². The van der Waals surface area contributed by atoms with Crippen molar-refractivity contribution in [2.45, 2.75) is 13.3 Å². The molecule has 0 aliphatic rings. The molecule has 5 heteroatoms. The molecule has 0 aromatic carbocycles. The highest BCUT2D eigenvalue weighted by Crippen LogP contribution is 1.92. The Morgan fingerprint density at radius 2 is 2.53 bits per heavy atom. The van der Waals surface area contributed by atoms with Crippen LogP contribution < -0.4 is 5.32 Å². The molecule has 1 radical (unpaired) electrons. The minimum Gasteiger partial charge on any atom is -0.449 e. The Bertz CT molecular complexity index is 338. The van der Waals surface area contributed by atoms with E-state index in [4.69, 9.17) is 10.1 Å². The molecule has 0 spiro atoms. The van der Waals surface area contributed by atoms with Crippen LogP contribution in [0.25, 0.3) is 0 Å². The van der Waals surface area contributed by atoms with E-state index in [9.17, 15) is 4.79 Å². The number of amidine groups is 1. The third kappa shape index (κ3) is 3.76. The van der Waals surface area contributed by atoms with Gasteiger partial charge in [-0.2, -0.15) is 0 Å². The SMILES string of the molecule is CCCOC(=O)NC(=N)c1cc[c]cn1. The van der Waals surface area contributed by atoms with Crippen molar-refractivity contribution in [1.29, 1.82) is 5.41 Å². The summed E-state index contributed by atoms with van der Waals surface area (Å²) in [4.78, 5) is 14.9. The third-order valence-corrected chi connectivity index (χ3v) is 1.54. The molecule has 0 unspecified atom stereocenters. The number of carbonyl (C=O) groups excluding carboxylic acids is 1. The van der Waals surface area contributed by atoms with Crippen molar-refractivity contribution in [3.8, 4) is 0 Å². The molecule has 0 aliphatic heterocycles. The highest BCUT2D eigenvalue weighted by atomic mass is 16.5. The number of amides is 1. The van der Waals surface area contributed by atoms with Gasteiger partial charge >= 0.3 is 6.09 Å². The van der Waals surface area contributed by atoms with Gasteiger partial charge in [0.2, 0.25) is 0 Å². The molecule has 1 aromatic rings. The van der Waals surface area contributed by atoms with E-state index in [1.165, 1.54) is 6.20 Å². The number of hydrogen-bond acceptors (Lipinski definition) is 4. The second-order valence-electron chi connectivity index (χ2n) is 2.78. The fourth-order valence-electron chi connectivity index (χ4n) is 0.865. The molecular weight excluding hydrogens is 194 g/mol. The molecule has 0 saturated heterocycles. The van der Waals surface area contributed by atoms with Gasteiger partial charge in [-0.3, -0.25) is 15.7 Å². The molecule has 1 aromatic heterocycles. The van der Waals surface area contributed by atoms with Gasteiger partial charge in [0, 0.05) is 12.3 Å². The quantitative estimate of drug-likeness (QED) is 0.579. The van der Waals surface area contributed by atoms with Gasteiger partial charge in [0.25, 0.3) is 0 Å². The maximum Gasteiger partial charge on any atom is 0.412 e. The molecule has 0 aliphatic carbocycles. The maximum absolute atomic E-state index is 11.1. The molecule has 79 valence electrons. The van der Waals surface area contributed by atoms with Gasteiger partial charge < -0.3 is 4.74 Å². The highest BCUT2D eigenvalue weighted by Gasteiger charge is 2.07. The number of nitrogens with one attached hydrogen (secondary N) is 2. The van der Waals surface area contributed by atoms with E-state index >= 15 is 0 Å². The van der Waals surface area contributed by atoms with E-state index in [0.29, 0.717) is 12.3 Å². The van der Waals surface area contributed by atoms with Crippen LogP contribution in [0.15, 0.2) is 18.3 Å². The van der Waals surface area contributed by atoms with Gasteiger partial charge in [-0.15, -0.1) is 0 Å². The lowest BCUT2D eigenvalue weighted by Crippen LogP contribution is -2.31. The summed E-state index contributed by atoms with van der Waals surface area (Å²) < 4.78 is 4.76. The molecule has 0 fully saturated rings. The van der Waals surface area contributed by atoms with Gasteiger partial charge in [0.1, 0.15) is 5.69 Å². The number of nitrogens with zero attached hydrogens (tertiary/aromatic N) is 1. The molecule has 0 saturated carbocycles. The summed E-state index contributed by atoms with van der Waals surface area (Å²) in [7, 11) is 0. The van der Waals surface area contributed by atoms with Gasteiger partial charge in [0.15, 0.2) is 5.84 Å². The molecule has 5 nitrogen and oxygen atoms in total. The van der Waals surface area contributed by atoms with Crippen LogP contribution in [0, 0.1) is 11.5 Å². The number of carbonyl (C=O) groups is 1. The number of alkyl carbamates (subject to hydrolysis) is 1. The Morgan fingerprint density at radius 1 is 1.73 bits per heavy atom. The fourth-order valence-corrected chi connectivity index (χ4v) is 0.865. The second-order valence-corrected chi connectivity index (χ2v) is 2.78. The van der Waals surface area contributed by atoms with E-state index in [0.717, 1.165) is 6.42 Å². The lowest BCUT2D eigenvalue weighted by Gasteiger charge is -2.05. The summed E-state index contributed by atoms with van der Waals surface area (Å²) in [5.74, 6) is -0.0786. The summed E-state index contributed by atoms with van der Waals surface area (Å²) >= 11 is 0. The molecule has 1 heterocycles. The Hall–Kier alpha value is -1.91. The Labute approximate surface area is 88.0 Å². The average Bonchev–Trinajstić information content (AvgIpc) is 2.27. The van der Waals surface area contributed by atoms with Gasteiger partial charge in [0.05, 0.1) is 6.61 Å². The lowest BCUT2D eigenvalue weighted by atomic mass is 10.3. The molecule has 0 bridgehead atoms. The zero-order valence-electron chi connectivity index (χ0n) is 8.41. The van der Waals surface area contributed by atoms with Crippen LogP contribution in [0.1, 0.15) is 19.0 Å². The van der Waals surface area contributed by atoms with Crippen LogP contribution >= 0.6 is 0 Å². The first-order valence-corrected chi connectivity index (χ1v) is 4.59. The van der Waals surface area contributed by atoms with E-state index in [1.54, 1.807) is 12.1 Å². The summed E-state index contributed by atoms with van der Waals surface area (Å²) in [6, 6.07) is 5.93. The first kappa shape index (κ1) is 11.2. The Morgan fingerprint density at radius 3 is 3.13 bits per heavy atom. The number of pyridine rings is 1. The van der Waals surface area contributed by atoms with Crippen LogP contribution in [-0.4, -0.2) is 23.5 Å². The summed E-state index contributed by atoms with van der Waals surface area (Å²) in [5, 5.41) is 9.78. The van der Waals surface area contributed by atoms with Crippen LogP contribution in [0.5, 0.6) is 0 Å². The zero-order chi connectivity index (χ0) is 11.1.